The van der Waals surface area contributed by atoms with E-state index in [0.717, 1.165) is 22.5 Å². The summed E-state index contributed by atoms with van der Waals surface area (Å²) < 4.78 is 10.9. The second-order valence-electron chi connectivity index (χ2n) is 7.13. The molecule has 3 rings (SSSR count). The highest BCUT2D eigenvalue weighted by molar-refractivity contribution is 7.99. The number of hydrogen-bond donors (Lipinski definition) is 0. The number of aryl methyl sites for hydroxylation is 1. The zero-order valence-electron chi connectivity index (χ0n) is 16.3. The minimum absolute atomic E-state index is 0.0678. The van der Waals surface area contributed by atoms with E-state index < -0.39 is 0 Å². The molecule has 0 radical (unpaired) electrons. The molecule has 6 heteroatoms. The van der Waals surface area contributed by atoms with Crippen LogP contribution in [-0.4, -0.2) is 21.7 Å². The van der Waals surface area contributed by atoms with Gasteiger partial charge in [0.2, 0.25) is 0 Å². The van der Waals surface area contributed by atoms with Crippen LogP contribution in [0, 0.1) is 6.92 Å². The van der Waals surface area contributed by atoms with E-state index in [1.807, 2.05) is 19.1 Å². The van der Waals surface area contributed by atoms with Crippen molar-refractivity contribution in [3.05, 3.63) is 53.0 Å². The Hall–Kier alpha value is -2.34. The van der Waals surface area contributed by atoms with E-state index in [1.165, 1.54) is 17.3 Å². The van der Waals surface area contributed by atoms with E-state index in [1.54, 1.807) is 12.3 Å². The number of Topliss-reactive ketones (excluding diaryl/α,β-unsaturated/α-hetero) is 1. The maximum atomic E-state index is 12.8. The molecule has 0 saturated heterocycles. The fourth-order valence-electron chi connectivity index (χ4n) is 2.86. The summed E-state index contributed by atoms with van der Waals surface area (Å²) in [5.41, 5.74) is 3.88. The molecule has 27 heavy (non-hydrogen) atoms. The number of nitrogens with zero attached hydrogens (tertiary/aromatic N) is 2. The van der Waals surface area contributed by atoms with Gasteiger partial charge < -0.3 is 8.83 Å². The summed E-state index contributed by atoms with van der Waals surface area (Å²) in [7, 11) is 0. The summed E-state index contributed by atoms with van der Waals surface area (Å²) in [6, 6.07) is 7.93. The quantitative estimate of drug-likeness (QED) is 0.375. The van der Waals surface area contributed by atoms with E-state index in [-0.39, 0.29) is 17.5 Å². The number of carbonyl (C=O) groups is 1. The number of aromatic nitrogens is 2. The topological polar surface area (TPSA) is 69.1 Å². The maximum absolute atomic E-state index is 12.8. The molecule has 1 aromatic carbocycles. The summed E-state index contributed by atoms with van der Waals surface area (Å²) >= 11 is 1.26. The van der Waals surface area contributed by atoms with Crippen molar-refractivity contribution in [3.8, 4) is 11.5 Å². The monoisotopic (exact) mass is 384 g/mol. The lowest BCUT2D eigenvalue weighted by Crippen LogP contribution is -2.08. The van der Waals surface area contributed by atoms with Gasteiger partial charge >= 0.3 is 0 Å². The Balaban J connectivity index is 1.73. The Morgan fingerprint density at radius 3 is 2.52 bits per heavy atom. The Morgan fingerprint density at radius 1 is 1.11 bits per heavy atom. The van der Waals surface area contributed by atoms with Crippen LogP contribution in [0.4, 0.5) is 0 Å². The Labute approximate surface area is 163 Å². The number of thioether (sulfide) groups is 1. The van der Waals surface area contributed by atoms with Crippen LogP contribution < -0.4 is 0 Å². The Morgan fingerprint density at radius 2 is 1.89 bits per heavy atom. The van der Waals surface area contributed by atoms with E-state index in [2.05, 4.69) is 44.0 Å². The third-order valence-corrected chi connectivity index (χ3v) is 5.31. The van der Waals surface area contributed by atoms with Crippen LogP contribution in [-0.2, 0) is 0 Å². The molecule has 142 valence electrons. The van der Waals surface area contributed by atoms with Crippen molar-refractivity contribution in [3.63, 3.8) is 0 Å². The molecule has 0 amide bonds. The summed E-state index contributed by atoms with van der Waals surface area (Å²) in [5.74, 6) is 2.17. The van der Waals surface area contributed by atoms with Gasteiger partial charge in [-0.25, -0.2) is 0 Å². The van der Waals surface area contributed by atoms with Crippen molar-refractivity contribution >= 4 is 17.5 Å². The van der Waals surface area contributed by atoms with Crippen LogP contribution in [0.5, 0.6) is 0 Å². The third kappa shape index (κ3) is 4.33. The van der Waals surface area contributed by atoms with Crippen LogP contribution in [0.1, 0.15) is 66.8 Å². The number of benzene rings is 1. The molecular weight excluding hydrogens is 360 g/mol. The largest absolute Gasteiger partial charge is 0.469 e. The highest BCUT2D eigenvalue weighted by Gasteiger charge is 2.18. The Bertz CT molecular complexity index is 941. The molecule has 0 unspecified atom stereocenters. The fraction of sp³-hybridized carbons (Fsp3) is 0.381. The summed E-state index contributed by atoms with van der Waals surface area (Å²) in [5, 5.41) is 8.44. The number of ketones is 1. The lowest BCUT2D eigenvalue weighted by molar-refractivity contribution is 0.102. The van der Waals surface area contributed by atoms with E-state index in [9.17, 15) is 4.79 Å². The minimum atomic E-state index is 0.0678. The van der Waals surface area contributed by atoms with Crippen LogP contribution in [0.15, 0.2) is 44.6 Å². The average molecular weight is 385 g/mol. The van der Waals surface area contributed by atoms with Gasteiger partial charge in [0.15, 0.2) is 5.78 Å². The first-order valence-electron chi connectivity index (χ1n) is 9.04. The van der Waals surface area contributed by atoms with Crippen molar-refractivity contribution in [1.82, 2.24) is 10.2 Å². The van der Waals surface area contributed by atoms with Crippen molar-refractivity contribution < 1.29 is 13.6 Å². The van der Waals surface area contributed by atoms with Gasteiger partial charge in [0.25, 0.3) is 11.1 Å². The molecule has 0 aliphatic rings. The zero-order valence-corrected chi connectivity index (χ0v) is 17.1. The van der Waals surface area contributed by atoms with Crippen molar-refractivity contribution in [2.45, 2.75) is 51.7 Å². The average Bonchev–Trinajstić information content (AvgIpc) is 3.27. The molecule has 0 atom stereocenters. The molecule has 0 saturated carbocycles. The van der Waals surface area contributed by atoms with Gasteiger partial charge in [-0.15, -0.1) is 10.2 Å². The van der Waals surface area contributed by atoms with Crippen molar-refractivity contribution in [1.29, 1.82) is 0 Å². The molecule has 0 fully saturated rings. The van der Waals surface area contributed by atoms with E-state index in [4.69, 9.17) is 8.83 Å². The standard InChI is InChI=1S/C21H24N2O3S/c1-12(2)15-6-7-17(18(10-15)13(3)4)19(24)11-27-21-23-22-20(26-21)16-8-9-25-14(16)5/h6-10,12-13H,11H2,1-5H3. The van der Waals surface area contributed by atoms with Crippen molar-refractivity contribution in [2.75, 3.05) is 5.75 Å². The molecule has 0 spiro atoms. The number of furan rings is 1. The number of hydrogen-bond acceptors (Lipinski definition) is 6. The maximum Gasteiger partial charge on any atom is 0.277 e. The number of rotatable bonds is 7. The molecule has 0 N–H and O–H groups in total. The predicted molar refractivity (Wildman–Crippen MR) is 106 cm³/mol. The first-order chi connectivity index (χ1) is 12.9. The van der Waals surface area contributed by atoms with Gasteiger partial charge in [0.05, 0.1) is 17.6 Å². The zero-order chi connectivity index (χ0) is 19.6. The summed E-state index contributed by atoms with van der Waals surface area (Å²) in [6.07, 6.45) is 1.58. The van der Waals surface area contributed by atoms with Gasteiger partial charge in [-0.1, -0.05) is 57.7 Å². The lowest BCUT2D eigenvalue weighted by Gasteiger charge is -2.15. The predicted octanol–water partition coefficient (Wildman–Crippen LogP) is 5.86. The second kappa shape index (κ2) is 8.13. The second-order valence-corrected chi connectivity index (χ2v) is 8.06. The molecule has 2 aromatic heterocycles. The van der Waals surface area contributed by atoms with Gasteiger partial charge in [-0.2, -0.15) is 0 Å². The Kier molecular flexibility index (Phi) is 5.85. The summed E-state index contributed by atoms with van der Waals surface area (Å²) in [4.78, 5) is 12.8. The lowest BCUT2D eigenvalue weighted by atomic mass is 9.90. The SMILES string of the molecule is Cc1occc1-c1nnc(SCC(=O)c2ccc(C(C)C)cc2C(C)C)o1. The third-order valence-electron chi connectivity index (χ3n) is 4.49. The summed E-state index contributed by atoms with van der Waals surface area (Å²) in [6.45, 7) is 10.4. The van der Waals surface area contributed by atoms with Gasteiger partial charge in [-0.3, -0.25) is 4.79 Å². The highest BCUT2D eigenvalue weighted by Crippen LogP contribution is 2.29. The molecule has 0 bridgehead atoms. The molecule has 2 heterocycles. The molecule has 0 aliphatic carbocycles. The smallest absolute Gasteiger partial charge is 0.277 e. The highest BCUT2D eigenvalue weighted by atomic mass is 32.2. The molecule has 5 nitrogen and oxygen atoms in total. The fourth-order valence-corrected chi connectivity index (χ4v) is 3.51. The van der Waals surface area contributed by atoms with E-state index >= 15 is 0 Å². The molecule has 3 aromatic rings. The van der Waals surface area contributed by atoms with Gasteiger partial charge in [0.1, 0.15) is 5.76 Å². The van der Waals surface area contributed by atoms with Crippen LogP contribution >= 0.6 is 11.8 Å². The van der Waals surface area contributed by atoms with Gasteiger partial charge in [0, 0.05) is 5.56 Å². The molecular formula is C21H24N2O3S. The van der Waals surface area contributed by atoms with Gasteiger partial charge in [-0.05, 0) is 36.0 Å². The van der Waals surface area contributed by atoms with Crippen LogP contribution in [0.25, 0.3) is 11.5 Å². The minimum Gasteiger partial charge on any atom is -0.469 e. The van der Waals surface area contributed by atoms with E-state index in [0.29, 0.717) is 17.0 Å². The first kappa shape index (κ1) is 19.4. The van der Waals surface area contributed by atoms with Crippen molar-refractivity contribution in [2.24, 2.45) is 0 Å². The van der Waals surface area contributed by atoms with Crippen LogP contribution in [0.3, 0.4) is 0 Å². The van der Waals surface area contributed by atoms with Crippen LogP contribution in [0.2, 0.25) is 0 Å². The normalized spacial score (nSPS) is 11.5. The first-order valence-corrected chi connectivity index (χ1v) is 10.0. The molecule has 0 aliphatic heterocycles. The number of carbonyl (C=O) groups excluding carboxylic acids is 1.